The molecule has 2 rings (SSSR count). The SMILES string of the molecule is C/C=C/c1ccc(OCC(=O)Nc2ccccc2C(=O)NCCC(N)=O)c(OC)c1. The average Bonchev–Trinajstić information content (AvgIpc) is 2.73. The normalized spacial score (nSPS) is 10.5. The molecule has 2 aromatic carbocycles. The highest BCUT2D eigenvalue weighted by Gasteiger charge is 2.14. The van der Waals surface area contributed by atoms with Crippen LogP contribution in [0, 0.1) is 0 Å². The van der Waals surface area contributed by atoms with Gasteiger partial charge in [-0.1, -0.05) is 30.4 Å². The third-order valence-corrected chi connectivity index (χ3v) is 4.01. The van der Waals surface area contributed by atoms with Crippen molar-refractivity contribution in [3.63, 3.8) is 0 Å². The highest BCUT2D eigenvalue weighted by atomic mass is 16.5. The molecule has 0 bridgehead atoms. The van der Waals surface area contributed by atoms with E-state index < -0.39 is 17.7 Å². The first-order valence-corrected chi connectivity index (χ1v) is 9.33. The van der Waals surface area contributed by atoms with Crippen LogP contribution in [0.2, 0.25) is 0 Å². The predicted molar refractivity (Wildman–Crippen MR) is 114 cm³/mol. The van der Waals surface area contributed by atoms with Gasteiger partial charge in [-0.25, -0.2) is 0 Å². The van der Waals surface area contributed by atoms with Crippen LogP contribution in [0.1, 0.15) is 29.3 Å². The molecule has 8 nitrogen and oxygen atoms in total. The number of para-hydroxylation sites is 1. The molecule has 0 aliphatic carbocycles. The molecule has 0 saturated heterocycles. The van der Waals surface area contributed by atoms with Gasteiger partial charge in [0.25, 0.3) is 11.8 Å². The zero-order valence-electron chi connectivity index (χ0n) is 16.9. The second kappa shape index (κ2) is 11.3. The van der Waals surface area contributed by atoms with Crippen LogP contribution in [-0.2, 0) is 9.59 Å². The number of ether oxygens (including phenoxy) is 2. The number of benzene rings is 2. The second-order valence-corrected chi connectivity index (χ2v) is 6.26. The Morgan fingerprint density at radius 2 is 1.87 bits per heavy atom. The Hall–Kier alpha value is -3.81. The second-order valence-electron chi connectivity index (χ2n) is 6.26. The Morgan fingerprint density at radius 3 is 2.57 bits per heavy atom. The molecule has 158 valence electrons. The van der Waals surface area contributed by atoms with E-state index in [1.165, 1.54) is 7.11 Å². The fourth-order valence-electron chi connectivity index (χ4n) is 2.61. The van der Waals surface area contributed by atoms with Crippen LogP contribution in [0.5, 0.6) is 11.5 Å². The lowest BCUT2D eigenvalue weighted by atomic mass is 10.1. The van der Waals surface area contributed by atoms with E-state index in [0.717, 1.165) is 5.56 Å². The van der Waals surface area contributed by atoms with Crippen molar-refractivity contribution >= 4 is 29.5 Å². The topological polar surface area (TPSA) is 120 Å². The zero-order chi connectivity index (χ0) is 21.9. The molecule has 0 aromatic heterocycles. The van der Waals surface area contributed by atoms with Crippen molar-refractivity contribution in [1.82, 2.24) is 5.32 Å². The number of hydrogen-bond acceptors (Lipinski definition) is 5. The predicted octanol–water partition coefficient (Wildman–Crippen LogP) is 2.35. The molecule has 0 unspecified atom stereocenters. The van der Waals surface area contributed by atoms with Crippen molar-refractivity contribution in [3.8, 4) is 11.5 Å². The molecule has 8 heteroatoms. The molecule has 0 radical (unpaired) electrons. The van der Waals surface area contributed by atoms with Crippen LogP contribution < -0.4 is 25.8 Å². The fourth-order valence-corrected chi connectivity index (χ4v) is 2.61. The number of allylic oxidation sites excluding steroid dienone is 1. The van der Waals surface area contributed by atoms with Crippen molar-refractivity contribution in [2.75, 3.05) is 25.6 Å². The van der Waals surface area contributed by atoms with Gasteiger partial charge in [0.1, 0.15) is 0 Å². The van der Waals surface area contributed by atoms with Crippen LogP contribution in [-0.4, -0.2) is 38.0 Å². The van der Waals surface area contributed by atoms with Gasteiger partial charge in [-0.3, -0.25) is 14.4 Å². The first-order valence-electron chi connectivity index (χ1n) is 9.33. The van der Waals surface area contributed by atoms with E-state index in [0.29, 0.717) is 17.2 Å². The van der Waals surface area contributed by atoms with E-state index in [-0.39, 0.29) is 25.1 Å². The monoisotopic (exact) mass is 411 g/mol. The van der Waals surface area contributed by atoms with E-state index in [4.69, 9.17) is 15.2 Å². The molecular weight excluding hydrogens is 386 g/mol. The summed E-state index contributed by atoms with van der Waals surface area (Å²) in [4.78, 5) is 35.5. The maximum Gasteiger partial charge on any atom is 0.262 e. The first kappa shape index (κ1) is 22.5. The minimum atomic E-state index is -0.511. The summed E-state index contributed by atoms with van der Waals surface area (Å²) >= 11 is 0. The molecule has 0 atom stereocenters. The number of anilines is 1. The highest BCUT2D eigenvalue weighted by Crippen LogP contribution is 2.28. The number of methoxy groups -OCH3 is 1. The maximum absolute atomic E-state index is 12.4. The van der Waals surface area contributed by atoms with Crippen LogP contribution in [0.4, 0.5) is 5.69 Å². The fraction of sp³-hybridized carbons (Fsp3) is 0.227. The molecule has 0 fully saturated rings. The van der Waals surface area contributed by atoms with E-state index in [1.54, 1.807) is 36.4 Å². The van der Waals surface area contributed by atoms with Gasteiger partial charge in [-0.2, -0.15) is 0 Å². The van der Waals surface area contributed by atoms with Gasteiger partial charge in [0, 0.05) is 13.0 Å². The molecule has 0 aliphatic heterocycles. The van der Waals surface area contributed by atoms with Gasteiger partial charge in [0.05, 0.1) is 18.4 Å². The summed E-state index contributed by atoms with van der Waals surface area (Å²) in [6, 6.07) is 11.9. The lowest BCUT2D eigenvalue weighted by molar-refractivity contribution is -0.118. The van der Waals surface area contributed by atoms with Gasteiger partial charge in [0.2, 0.25) is 5.91 Å². The maximum atomic E-state index is 12.4. The highest BCUT2D eigenvalue weighted by molar-refractivity contribution is 6.04. The number of carbonyl (C=O) groups is 3. The lowest BCUT2D eigenvalue weighted by Crippen LogP contribution is -2.29. The van der Waals surface area contributed by atoms with Crippen molar-refractivity contribution in [1.29, 1.82) is 0 Å². The number of nitrogens with one attached hydrogen (secondary N) is 2. The lowest BCUT2D eigenvalue weighted by Gasteiger charge is -2.13. The van der Waals surface area contributed by atoms with Gasteiger partial charge in [-0.15, -0.1) is 0 Å². The standard InChI is InChI=1S/C22H25N3O5/c1-3-6-15-9-10-18(19(13-15)29-2)30-14-21(27)25-17-8-5-4-7-16(17)22(28)24-12-11-20(23)26/h3-10,13H,11-12,14H2,1-2H3,(H2,23,26)(H,24,28)(H,25,27)/b6-3+. The Balaban J connectivity index is 2.00. The summed E-state index contributed by atoms with van der Waals surface area (Å²) in [7, 11) is 1.52. The molecule has 2 aromatic rings. The Labute approximate surface area is 175 Å². The Morgan fingerprint density at radius 1 is 1.10 bits per heavy atom. The molecular formula is C22H25N3O5. The van der Waals surface area contributed by atoms with Gasteiger partial charge in [0.15, 0.2) is 18.1 Å². The van der Waals surface area contributed by atoms with Crippen molar-refractivity contribution in [2.45, 2.75) is 13.3 Å². The van der Waals surface area contributed by atoms with Crippen molar-refractivity contribution in [3.05, 3.63) is 59.7 Å². The van der Waals surface area contributed by atoms with E-state index in [2.05, 4.69) is 10.6 Å². The number of primary amides is 1. The molecule has 0 heterocycles. The molecule has 3 amide bonds. The summed E-state index contributed by atoms with van der Waals surface area (Å²) in [6.07, 6.45) is 3.86. The number of amides is 3. The molecule has 0 saturated carbocycles. The quantitative estimate of drug-likeness (QED) is 0.554. The van der Waals surface area contributed by atoms with Crippen molar-refractivity contribution < 1.29 is 23.9 Å². The summed E-state index contributed by atoms with van der Waals surface area (Å²) in [6.45, 7) is 1.76. The van der Waals surface area contributed by atoms with Crippen LogP contribution in [0.25, 0.3) is 6.08 Å². The third kappa shape index (κ3) is 6.66. The summed E-state index contributed by atoms with van der Waals surface area (Å²) in [5.74, 6) is -0.435. The van der Waals surface area contributed by atoms with Gasteiger partial charge >= 0.3 is 0 Å². The average molecular weight is 411 g/mol. The third-order valence-electron chi connectivity index (χ3n) is 4.01. The minimum absolute atomic E-state index is 0.0305. The van der Waals surface area contributed by atoms with Crippen LogP contribution in [0.15, 0.2) is 48.5 Å². The summed E-state index contributed by atoms with van der Waals surface area (Å²) in [5, 5.41) is 5.25. The first-order chi connectivity index (χ1) is 14.4. The van der Waals surface area contributed by atoms with Crippen LogP contribution >= 0.6 is 0 Å². The molecule has 4 N–H and O–H groups in total. The molecule has 0 aliphatic rings. The molecule has 30 heavy (non-hydrogen) atoms. The molecule has 0 spiro atoms. The summed E-state index contributed by atoms with van der Waals surface area (Å²) < 4.78 is 10.9. The van der Waals surface area contributed by atoms with Crippen molar-refractivity contribution in [2.24, 2.45) is 5.73 Å². The number of rotatable bonds is 10. The number of carbonyl (C=O) groups excluding carboxylic acids is 3. The van der Waals surface area contributed by atoms with Gasteiger partial charge < -0.3 is 25.8 Å². The van der Waals surface area contributed by atoms with E-state index >= 15 is 0 Å². The number of hydrogen-bond donors (Lipinski definition) is 3. The van der Waals surface area contributed by atoms with Crippen LogP contribution in [0.3, 0.4) is 0 Å². The Bertz CT molecular complexity index is 940. The number of nitrogens with two attached hydrogens (primary N) is 1. The van der Waals surface area contributed by atoms with E-state index in [1.807, 2.05) is 25.1 Å². The zero-order valence-corrected chi connectivity index (χ0v) is 16.9. The Kier molecular flexibility index (Phi) is 8.43. The largest absolute Gasteiger partial charge is 0.493 e. The minimum Gasteiger partial charge on any atom is -0.493 e. The van der Waals surface area contributed by atoms with E-state index in [9.17, 15) is 14.4 Å². The smallest absolute Gasteiger partial charge is 0.262 e. The van der Waals surface area contributed by atoms with Gasteiger partial charge in [-0.05, 0) is 36.8 Å². The summed E-state index contributed by atoms with van der Waals surface area (Å²) in [5.41, 5.74) is 6.61.